The lowest BCUT2D eigenvalue weighted by Crippen LogP contribution is -2.47. The number of amides is 1. The summed E-state index contributed by atoms with van der Waals surface area (Å²) in [7, 11) is 0. The zero-order valence-corrected chi connectivity index (χ0v) is 12.9. The highest BCUT2D eigenvalue weighted by atomic mass is 16.2. The Morgan fingerprint density at radius 3 is 1.95 bits per heavy atom. The summed E-state index contributed by atoms with van der Waals surface area (Å²) < 4.78 is 0. The Bertz CT molecular complexity index is 325. The summed E-state index contributed by atoms with van der Waals surface area (Å²) in [6, 6.07) is 2.35. The van der Waals surface area contributed by atoms with E-state index in [1.165, 1.54) is 0 Å². The molecule has 0 aromatic heterocycles. The Balaban J connectivity index is 2.86. The van der Waals surface area contributed by atoms with Gasteiger partial charge in [0, 0.05) is 13.1 Å². The van der Waals surface area contributed by atoms with Crippen LogP contribution in [0.5, 0.6) is 0 Å². The Kier molecular flexibility index (Phi) is 5.85. The van der Waals surface area contributed by atoms with Gasteiger partial charge in [-0.25, -0.2) is 0 Å². The SMILES string of the molecule is CC(C)CN(CC(C)C)C(=O)C1(C#N)CCCCC1. The number of nitrogens with zero attached hydrogens (tertiary/aromatic N) is 2. The highest BCUT2D eigenvalue weighted by Crippen LogP contribution is 2.37. The van der Waals surface area contributed by atoms with E-state index >= 15 is 0 Å². The Morgan fingerprint density at radius 1 is 1.11 bits per heavy atom. The fourth-order valence-electron chi connectivity index (χ4n) is 2.95. The molecular formula is C16H28N2O. The van der Waals surface area contributed by atoms with E-state index in [0.717, 1.165) is 45.2 Å². The maximum Gasteiger partial charge on any atom is 0.243 e. The molecular weight excluding hydrogens is 236 g/mol. The van der Waals surface area contributed by atoms with E-state index in [-0.39, 0.29) is 5.91 Å². The highest BCUT2D eigenvalue weighted by Gasteiger charge is 2.42. The molecule has 0 aromatic carbocycles. The van der Waals surface area contributed by atoms with Gasteiger partial charge in [0.15, 0.2) is 0 Å². The van der Waals surface area contributed by atoms with Gasteiger partial charge in [-0.1, -0.05) is 47.0 Å². The molecule has 1 amide bonds. The molecule has 0 saturated heterocycles. The zero-order chi connectivity index (χ0) is 14.5. The summed E-state index contributed by atoms with van der Waals surface area (Å²) in [5.74, 6) is 0.973. The summed E-state index contributed by atoms with van der Waals surface area (Å²) in [5, 5.41) is 9.53. The van der Waals surface area contributed by atoms with Crippen molar-refractivity contribution in [1.82, 2.24) is 4.90 Å². The van der Waals surface area contributed by atoms with Gasteiger partial charge in [0.1, 0.15) is 5.41 Å². The molecule has 0 radical (unpaired) electrons. The van der Waals surface area contributed by atoms with Crippen molar-refractivity contribution >= 4 is 5.91 Å². The van der Waals surface area contributed by atoms with Crippen molar-refractivity contribution < 1.29 is 4.79 Å². The third-order valence-corrected chi connectivity index (χ3v) is 3.79. The average Bonchev–Trinajstić information content (AvgIpc) is 2.36. The molecule has 0 unspecified atom stereocenters. The molecule has 3 nitrogen and oxygen atoms in total. The van der Waals surface area contributed by atoms with Crippen molar-refractivity contribution in [1.29, 1.82) is 5.26 Å². The lowest BCUT2D eigenvalue weighted by Gasteiger charge is -2.36. The molecule has 0 spiro atoms. The number of rotatable bonds is 5. The van der Waals surface area contributed by atoms with Crippen LogP contribution in [-0.4, -0.2) is 23.9 Å². The van der Waals surface area contributed by atoms with E-state index < -0.39 is 5.41 Å². The van der Waals surface area contributed by atoms with Gasteiger partial charge in [0.2, 0.25) is 5.91 Å². The molecule has 3 heteroatoms. The van der Waals surface area contributed by atoms with Crippen molar-refractivity contribution in [3.05, 3.63) is 0 Å². The van der Waals surface area contributed by atoms with Gasteiger partial charge in [-0.2, -0.15) is 5.26 Å². The topological polar surface area (TPSA) is 44.1 Å². The number of carbonyl (C=O) groups excluding carboxylic acids is 1. The summed E-state index contributed by atoms with van der Waals surface area (Å²) in [5.41, 5.74) is -0.734. The molecule has 19 heavy (non-hydrogen) atoms. The summed E-state index contributed by atoms with van der Waals surface area (Å²) in [6.07, 6.45) is 4.67. The normalized spacial score (nSPS) is 18.4. The largest absolute Gasteiger partial charge is 0.341 e. The molecule has 108 valence electrons. The van der Waals surface area contributed by atoms with Crippen LogP contribution in [-0.2, 0) is 4.79 Å². The van der Waals surface area contributed by atoms with Gasteiger partial charge in [0.05, 0.1) is 6.07 Å². The zero-order valence-electron chi connectivity index (χ0n) is 12.9. The van der Waals surface area contributed by atoms with Crippen molar-refractivity contribution in [3.8, 4) is 6.07 Å². The Morgan fingerprint density at radius 2 is 1.58 bits per heavy atom. The van der Waals surface area contributed by atoms with Crippen molar-refractivity contribution in [3.63, 3.8) is 0 Å². The lowest BCUT2D eigenvalue weighted by molar-refractivity contribution is -0.141. The third-order valence-electron chi connectivity index (χ3n) is 3.79. The maximum atomic E-state index is 12.8. The summed E-state index contributed by atoms with van der Waals surface area (Å²) in [4.78, 5) is 14.8. The molecule has 0 bridgehead atoms. The van der Waals surface area contributed by atoms with Crippen molar-refractivity contribution in [2.24, 2.45) is 17.3 Å². The first kappa shape index (κ1) is 16.0. The Labute approximate surface area is 118 Å². The molecule has 1 rings (SSSR count). The molecule has 1 saturated carbocycles. The predicted octanol–water partition coefficient (Wildman–Crippen LogP) is 3.60. The minimum absolute atomic E-state index is 0.0806. The molecule has 0 N–H and O–H groups in total. The second-order valence-electron chi connectivity index (χ2n) is 6.75. The van der Waals surface area contributed by atoms with Crippen LogP contribution in [0.15, 0.2) is 0 Å². The molecule has 0 aromatic rings. The minimum atomic E-state index is -0.734. The monoisotopic (exact) mass is 264 g/mol. The van der Waals surface area contributed by atoms with E-state index in [1.807, 2.05) is 4.90 Å². The van der Waals surface area contributed by atoms with Crippen LogP contribution in [0.2, 0.25) is 0 Å². The molecule has 1 aliphatic rings. The number of nitriles is 1. The third kappa shape index (κ3) is 4.23. The van der Waals surface area contributed by atoms with Crippen LogP contribution in [0, 0.1) is 28.6 Å². The smallest absolute Gasteiger partial charge is 0.243 e. The van der Waals surface area contributed by atoms with E-state index in [4.69, 9.17) is 0 Å². The average molecular weight is 264 g/mol. The quantitative estimate of drug-likeness (QED) is 0.761. The summed E-state index contributed by atoms with van der Waals surface area (Å²) >= 11 is 0. The lowest BCUT2D eigenvalue weighted by atomic mass is 9.74. The van der Waals surface area contributed by atoms with Crippen LogP contribution < -0.4 is 0 Å². The van der Waals surface area contributed by atoms with Crippen LogP contribution in [0.1, 0.15) is 59.8 Å². The molecule has 1 fully saturated rings. The first-order valence-corrected chi connectivity index (χ1v) is 7.62. The van der Waals surface area contributed by atoms with E-state index in [9.17, 15) is 10.1 Å². The van der Waals surface area contributed by atoms with E-state index in [1.54, 1.807) is 0 Å². The van der Waals surface area contributed by atoms with Gasteiger partial charge >= 0.3 is 0 Å². The first-order valence-electron chi connectivity index (χ1n) is 7.62. The van der Waals surface area contributed by atoms with Gasteiger partial charge in [-0.05, 0) is 24.7 Å². The van der Waals surface area contributed by atoms with Crippen molar-refractivity contribution in [2.75, 3.05) is 13.1 Å². The van der Waals surface area contributed by atoms with Crippen LogP contribution in [0.4, 0.5) is 0 Å². The van der Waals surface area contributed by atoms with Crippen LogP contribution in [0.25, 0.3) is 0 Å². The molecule has 0 heterocycles. The number of carbonyl (C=O) groups is 1. The fraction of sp³-hybridized carbons (Fsp3) is 0.875. The molecule has 0 aliphatic heterocycles. The first-order chi connectivity index (χ1) is 8.91. The predicted molar refractivity (Wildman–Crippen MR) is 77.4 cm³/mol. The number of hydrogen-bond donors (Lipinski definition) is 0. The van der Waals surface area contributed by atoms with Gasteiger partial charge in [0.25, 0.3) is 0 Å². The van der Waals surface area contributed by atoms with Crippen LogP contribution in [0.3, 0.4) is 0 Å². The highest BCUT2D eigenvalue weighted by molar-refractivity contribution is 5.85. The standard InChI is InChI=1S/C16H28N2O/c1-13(2)10-18(11-14(3)4)15(19)16(12-17)8-6-5-7-9-16/h13-14H,5-11H2,1-4H3. The summed E-state index contributed by atoms with van der Waals surface area (Å²) in [6.45, 7) is 10.0. The molecule has 0 atom stereocenters. The van der Waals surface area contributed by atoms with Crippen LogP contribution >= 0.6 is 0 Å². The van der Waals surface area contributed by atoms with Gasteiger partial charge in [-0.15, -0.1) is 0 Å². The second-order valence-corrected chi connectivity index (χ2v) is 6.75. The number of hydrogen-bond acceptors (Lipinski definition) is 2. The fourth-order valence-corrected chi connectivity index (χ4v) is 2.95. The van der Waals surface area contributed by atoms with E-state index in [2.05, 4.69) is 33.8 Å². The minimum Gasteiger partial charge on any atom is -0.341 e. The second kappa shape index (κ2) is 6.93. The maximum absolute atomic E-state index is 12.8. The van der Waals surface area contributed by atoms with E-state index in [0.29, 0.717) is 11.8 Å². The molecule has 1 aliphatic carbocycles. The van der Waals surface area contributed by atoms with Gasteiger partial charge < -0.3 is 4.90 Å². The van der Waals surface area contributed by atoms with Crippen molar-refractivity contribution in [2.45, 2.75) is 59.8 Å². The Hall–Kier alpha value is -1.04. The van der Waals surface area contributed by atoms with Gasteiger partial charge in [-0.3, -0.25) is 4.79 Å².